The summed E-state index contributed by atoms with van der Waals surface area (Å²) >= 11 is 0. The fraction of sp³-hybridized carbons (Fsp3) is 0.833. The number of nitrogens with zero attached hydrogens (tertiary/aromatic N) is 1. The van der Waals surface area contributed by atoms with Crippen molar-refractivity contribution in [3.05, 3.63) is 36.5 Å². The molecular formula is C42H79NO. The van der Waals surface area contributed by atoms with Crippen LogP contribution in [0.3, 0.4) is 0 Å². The van der Waals surface area contributed by atoms with Crippen LogP contribution < -0.4 is 0 Å². The second-order valence-corrected chi connectivity index (χ2v) is 13.4. The van der Waals surface area contributed by atoms with Gasteiger partial charge in [-0.1, -0.05) is 160 Å². The second kappa shape index (κ2) is 34.6. The number of hydrogen-bond acceptors (Lipinski definition) is 1. The van der Waals surface area contributed by atoms with Crippen molar-refractivity contribution in [1.29, 1.82) is 0 Å². The Labute approximate surface area is 278 Å². The highest BCUT2D eigenvalue weighted by Crippen LogP contribution is 2.24. The van der Waals surface area contributed by atoms with Gasteiger partial charge in [0.2, 0.25) is 5.91 Å². The predicted octanol–water partition coefficient (Wildman–Crippen LogP) is 14.1. The standard InChI is InChI=1S/C42H79NO/c1-6-11-14-16-18-20-21-22-23-24-25-26-28-30-32-35-38-41(37-34-31-29-27-19-17-15-12-7-2)43(39-9-4)42(44)40(10-5)36-33-13-8-3/h7,12,18,20,22-23,40-41H,6,8-11,13-17,19,21,24-39H2,1-5H3/b12-7-,20-18-,23-22-. The van der Waals surface area contributed by atoms with Crippen LogP contribution >= 0.6 is 0 Å². The van der Waals surface area contributed by atoms with Crippen LogP contribution in [0, 0.1) is 5.92 Å². The van der Waals surface area contributed by atoms with Crippen LogP contribution in [-0.4, -0.2) is 23.4 Å². The molecule has 0 fully saturated rings. The summed E-state index contributed by atoms with van der Waals surface area (Å²) in [4.78, 5) is 16.2. The lowest BCUT2D eigenvalue weighted by molar-refractivity contribution is -0.138. The molecule has 0 bridgehead atoms. The number of allylic oxidation sites excluding steroid dienone is 6. The number of rotatable bonds is 33. The van der Waals surface area contributed by atoms with Gasteiger partial charge in [0.25, 0.3) is 0 Å². The Bertz CT molecular complexity index is 677. The van der Waals surface area contributed by atoms with Gasteiger partial charge in [-0.3, -0.25) is 4.79 Å². The molecule has 0 saturated carbocycles. The summed E-state index contributed by atoms with van der Waals surface area (Å²) in [5.74, 6) is 0.697. The highest BCUT2D eigenvalue weighted by Gasteiger charge is 2.27. The first-order chi connectivity index (χ1) is 21.7. The van der Waals surface area contributed by atoms with Gasteiger partial charge < -0.3 is 4.90 Å². The normalized spacial score (nSPS) is 13.5. The van der Waals surface area contributed by atoms with Gasteiger partial charge in [0.15, 0.2) is 0 Å². The van der Waals surface area contributed by atoms with Crippen molar-refractivity contribution < 1.29 is 4.79 Å². The molecule has 0 N–H and O–H groups in total. The monoisotopic (exact) mass is 614 g/mol. The van der Waals surface area contributed by atoms with E-state index in [9.17, 15) is 4.79 Å². The largest absolute Gasteiger partial charge is 0.339 e. The molecular weight excluding hydrogens is 534 g/mol. The highest BCUT2D eigenvalue weighted by molar-refractivity contribution is 5.79. The lowest BCUT2D eigenvalue weighted by Crippen LogP contribution is -2.44. The van der Waals surface area contributed by atoms with Gasteiger partial charge in [-0.15, -0.1) is 0 Å². The van der Waals surface area contributed by atoms with Crippen LogP contribution in [0.15, 0.2) is 36.5 Å². The molecule has 0 radical (unpaired) electrons. The smallest absolute Gasteiger partial charge is 0.225 e. The molecule has 0 rings (SSSR count). The van der Waals surface area contributed by atoms with Crippen molar-refractivity contribution in [2.45, 2.75) is 214 Å². The quantitative estimate of drug-likeness (QED) is 0.0532. The Balaban J connectivity index is 4.62. The van der Waals surface area contributed by atoms with E-state index in [1.807, 2.05) is 0 Å². The fourth-order valence-corrected chi connectivity index (χ4v) is 6.43. The van der Waals surface area contributed by atoms with Gasteiger partial charge >= 0.3 is 0 Å². The minimum absolute atomic E-state index is 0.226. The molecule has 2 atom stereocenters. The van der Waals surface area contributed by atoms with Gasteiger partial charge in [-0.05, 0) is 84.0 Å². The molecule has 258 valence electrons. The molecule has 0 aromatic heterocycles. The fourth-order valence-electron chi connectivity index (χ4n) is 6.43. The van der Waals surface area contributed by atoms with Crippen molar-refractivity contribution >= 4 is 5.91 Å². The van der Waals surface area contributed by atoms with E-state index in [0.717, 1.165) is 32.2 Å². The molecule has 0 saturated heterocycles. The molecule has 0 spiro atoms. The first-order valence-electron chi connectivity index (χ1n) is 19.9. The summed E-state index contributed by atoms with van der Waals surface area (Å²) in [6, 6.07) is 0.447. The third kappa shape index (κ3) is 26.0. The van der Waals surface area contributed by atoms with Crippen molar-refractivity contribution in [3.8, 4) is 0 Å². The first-order valence-corrected chi connectivity index (χ1v) is 19.9. The van der Waals surface area contributed by atoms with Crippen molar-refractivity contribution in [2.24, 2.45) is 5.92 Å². The summed E-state index contributed by atoms with van der Waals surface area (Å²) in [5, 5.41) is 0. The van der Waals surface area contributed by atoms with Crippen LogP contribution in [0.5, 0.6) is 0 Å². The molecule has 0 heterocycles. The minimum atomic E-state index is 0.226. The average Bonchev–Trinajstić information content (AvgIpc) is 3.03. The summed E-state index contributed by atoms with van der Waals surface area (Å²) in [6.45, 7) is 12.1. The summed E-state index contributed by atoms with van der Waals surface area (Å²) in [5.41, 5.74) is 0. The maximum absolute atomic E-state index is 13.8. The summed E-state index contributed by atoms with van der Waals surface area (Å²) < 4.78 is 0. The first kappa shape index (κ1) is 42.7. The Morgan fingerprint density at radius 3 is 1.48 bits per heavy atom. The van der Waals surface area contributed by atoms with E-state index >= 15 is 0 Å². The van der Waals surface area contributed by atoms with E-state index in [1.165, 1.54) is 148 Å². The van der Waals surface area contributed by atoms with Crippen molar-refractivity contribution in [3.63, 3.8) is 0 Å². The topological polar surface area (TPSA) is 20.3 Å². The van der Waals surface area contributed by atoms with Gasteiger partial charge in [-0.2, -0.15) is 0 Å². The number of unbranched alkanes of at least 4 members (excludes halogenated alkanes) is 17. The zero-order valence-electron chi connectivity index (χ0n) is 30.8. The molecule has 0 aromatic carbocycles. The maximum Gasteiger partial charge on any atom is 0.225 e. The zero-order valence-corrected chi connectivity index (χ0v) is 30.8. The van der Waals surface area contributed by atoms with Crippen molar-refractivity contribution in [2.75, 3.05) is 6.54 Å². The average molecular weight is 614 g/mol. The Morgan fingerprint density at radius 1 is 0.523 bits per heavy atom. The van der Waals surface area contributed by atoms with Crippen LogP contribution in [0.4, 0.5) is 0 Å². The van der Waals surface area contributed by atoms with Gasteiger partial charge in [-0.25, -0.2) is 0 Å². The number of hydrogen-bond donors (Lipinski definition) is 0. The molecule has 44 heavy (non-hydrogen) atoms. The molecule has 0 aliphatic rings. The molecule has 0 aliphatic carbocycles. The van der Waals surface area contributed by atoms with E-state index < -0.39 is 0 Å². The van der Waals surface area contributed by atoms with Crippen LogP contribution in [0.25, 0.3) is 0 Å². The third-order valence-corrected chi connectivity index (χ3v) is 9.32. The summed E-state index contributed by atoms with van der Waals surface area (Å²) in [7, 11) is 0. The summed E-state index contributed by atoms with van der Waals surface area (Å²) in [6.07, 6.45) is 47.9. The van der Waals surface area contributed by atoms with E-state index in [-0.39, 0.29) is 5.92 Å². The van der Waals surface area contributed by atoms with E-state index in [1.54, 1.807) is 0 Å². The maximum atomic E-state index is 13.8. The molecule has 1 amide bonds. The Morgan fingerprint density at radius 2 is 0.977 bits per heavy atom. The minimum Gasteiger partial charge on any atom is -0.339 e. The Hall–Kier alpha value is -1.31. The van der Waals surface area contributed by atoms with Crippen molar-refractivity contribution in [1.82, 2.24) is 4.90 Å². The van der Waals surface area contributed by atoms with Crippen LogP contribution in [0.2, 0.25) is 0 Å². The lowest BCUT2D eigenvalue weighted by atomic mass is 9.93. The van der Waals surface area contributed by atoms with E-state index in [2.05, 4.69) is 76.0 Å². The third-order valence-electron chi connectivity index (χ3n) is 9.32. The number of carbonyl (C=O) groups is 1. The van der Waals surface area contributed by atoms with Gasteiger partial charge in [0.05, 0.1) is 0 Å². The molecule has 0 aliphatic heterocycles. The second-order valence-electron chi connectivity index (χ2n) is 13.4. The number of carbonyl (C=O) groups excluding carboxylic acids is 1. The van der Waals surface area contributed by atoms with Crippen LogP contribution in [-0.2, 0) is 4.79 Å². The molecule has 2 nitrogen and oxygen atoms in total. The lowest BCUT2D eigenvalue weighted by Gasteiger charge is -2.35. The SMILES string of the molecule is C/C=C\CCCCCCCCC(CCCCCCCC/C=C\C/C=C\CCCCC)N(CCC)C(=O)C(CC)CCCCC. The predicted molar refractivity (Wildman–Crippen MR) is 199 cm³/mol. The molecule has 2 heteroatoms. The Kier molecular flexibility index (Phi) is 33.5. The molecule has 2 unspecified atom stereocenters. The van der Waals surface area contributed by atoms with E-state index in [4.69, 9.17) is 0 Å². The van der Waals surface area contributed by atoms with Gasteiger partial charge in [0, 0.05) is 18.5 Å². The van der Waals surface area contributed by atoms with E-state index in [0.29, 0.717) is 11.9 Å². The highest BCUT2D eigenvalue weighted by atomic mass is 16.2. The molecule has 0 aromatic rings. The van der Waals surface area contributed by atoms with Crippen LogP contribution in [0.1, 0.15) is 208 Å². The number of amides is 1. The van der Waals surface area contributed by atoms with Gasteiger partial charge in [0.1, 0.15) is 0 Å². The zero-order chi connectivity index (χ0) is 32.4.